The van der Waals surface area contributed by atoms with E-state index in [1.807, 2.05) is 12.1 Å². The fraction of sp³-hybridized carbons (Fsp3) is 0.231. The second kappa shape index (κ2) is 9.05. The lowest BCUT2D eigenvalue weighted by molar-refractivity contribution is 0.0745. The van der Waals surface area contributed by atoms with Crippen molar-refractivity contribution >= 4 is 22.5 Å². The van der Waals surface area contributed by atoms with Crippen LogP contribution < -0.4 is 10.5 Å². The molecule has 4 heterocycles. The van der Waals surface area contributed by atoms with Crippen molar-refractivity contribution in [3.8, 4) is 0 Å². The molecule has 5 rings (SSSR count). The molecule has 0 atom stereocenters. The third-order valence-corrected chi connectivity index (χ3v) is 6.21. The van der Waals surface area contributed by atoms with Gasteiger partial charge in [0.1, 0.15) is 5.82 Å². The van der Waals surface area contributed by atoms with Crippen LogP contribution in [0.4, 0.5) is 10.1 Å². The van der Waals surface area contributed by atoms with E-state index in [2.05, 4.69) is 14.9 Å². The summed E-state index contributed by atoms with van der Waals surface area (Å²) >= 11 is 0. The third-order valence-electron chi connectivity index (χ3n) is 6.21. The van der Waals surface area contributed by atoms with E-state index >= 15 is 0 Å². The number of benzene rings is 1. The molecule has 3 aromatic heterocycles. The number of amides is 1. The van der Waals surface area contributed by atoms with Crippen molar-refractivity contribution in [2.24, 2.45) is 0 Å². The van der Waals surface area contributed by atoms with Gasteiger partial charge in [-0.15, -0.1) is 0 Å². The number of pyridine rings is 3. The first-order valence-electron chi connectivity index (χ1n) is 11.2. The van der Waals surface area contributed by atoms with Crippen LogP contribution in [0.2, 0.25) is 0 Å². The molecule has 172 valence electrons. The average Bonchev–Trinajstić information content (AvgIpc) is 2.86. The molecule has 0 bridgehead atoms. The maximum Gasteiger partial charge on any atom is 0.260 e. The van der Waals surface area contributed by atoms with Gasteiger partial charge in [0.25, 0.3) is 11.5 Å². The largest absolute Gasteiger partial charge is 0.368 e. The molecular formula is C26H24FN5O2. The summed E-state index contributed by atoms with van der Waals surface area (Å²) in [6.45, 7) is 4.56. The third kappa shape index (κ3) is 4.26. The molecule has 1 aliphatic heterocycles. The molecule has 1 saturated heterocycles. The predicted octanol–water partition coefficient (Wildman–Crippen LogP) is 3.25. The monoisotopic (exact) mass is 457 g/mol. The lowest BCUT2D eigenvalue weighted by Crippen LogP contribution is -2.49. The standard InChI is InChI=1S/C26H24FN5O2/c1-18-22(25(33)31-13-11-30(12-14-31)21-6-4-20(27)5-7-21)15-23-24(29-18)8-10-32(26(23)34)17-19-3-2-9-28-16-19/h2-10,15-16H,11-14,17H2,1H3. The van der Waals surface area contributed by atoms with E-state index in [-0.39, 0.29) is 17.3 Å². The molecule has 0 aliphatic carbocycles. The number of hydrogen-bond donors (Lipinski definition) is 0. The normalized spacial score (nSPS) is 13.9. The highest BCUT2D eigenvalue weighted by Crippen LogP contribution is 2.20. The first-order valence-corrected chi connectivity index (χ1v) is 11.2. The zero-order valence-electron chi connectivity index (χ0n) is 18.8. The maximum absolute atomic E-state index is 13.3. The van der Waals surface area contributed by atoms with Crippen LogP contribution in [0.5, 0.6) is 0 Å². The molecule has 0 saturated carbocycles. The van der Waals surface area contributed by atoms with Crippen molar-refractivity contribution in [2.75, 3.05) is 31.1 Å². The number of anilines is 1. The highest BCUT2D eigenvalue weighted by atomic mass is 19.1. The smallest absolute Gasteiger partial charge is 0.260 e. The number of piperazine rings is 1. The highest BCUT2D eigenvalue weighted by molar-refractivity contribution is 5.98. The van der Waals surface area contributed by atoms with Gasteiger partial charge in [0.15, 0.2) is 0 Å². The number of nitrogens with zero attached hydrogens (tertiary/aromatic N) is 5. The molecule has 34 heavy (non-hydrogen) atoms. The van der Waals surface area contributed by atoms with Crippen LogP contribution in [0.1, 0.15) is 21.6 Å². The van der Waals surface area contributed by atoms with Gasteiger partial charge in [-0.25, -0.2) is 4.39 Å². The first-order chi connectivity index (χ1) is 16.5. The fourth-order valence-electron chi connectivity index (χ4n) is 4.32. The van der Waals surface area contributed by atoms with E-state index in [0.717, 1.165) is 11.3 Å². The molecule has 1 aromatic carbocycles. The summed E-state index contributed by atoms with van der Waals surface area (Å²) in [4.78, 5) is 39.1. The van der Waals surface area contributed by atoms with Gasteiger partial charge < -0.3 is 14.4 Å². The van der Waals surface area contributed by atoms with E-state index in [1.54, 1.807) is 59.2 Å². The van der Waals surface area contributed by atoms with E-state index < -0.39 is 0 Å². The van der Waals surface area contributed by atoms with Crippen LogP contribution >= 0.6 is 0 Å². The summed E-state index contributed by atoms with van der Waals surface area (Å²) in [7, 11) is 0. The number of carbonyl (C=O) groups is 1. The second-order valence-corrected chi connectivity index (χ2v) is 8.42. The molecule has 1 fully saturated rings. The van der Waals surface area contributed by atoms with Crippen molar-refractivity contribution in [2.45, 2.75) is 13.5 Å². The Kier molecular flexibility index (Phi) is 5.79. The summed E-state index contributed by atoms with van der Waals surface area (Å²) in [6.07, 6.45) is 5.14. The quantitative estimate of drug-likeness (QED) is 0.471. The predicted molar refractivity (Wildman–Crippen MR) is 129 cm³/mol. The number of rotatable bonds is 4. The van der Waals surface area contributed by atoms with Crippen LogP contribution in [0.3, 0.4) is 0 Å². The number of fused-ring (bicyclic) bond motifs is 1. The summed E-state index contributed by atoms with van der Waals surface area (Å²) in [5.41, 5.74) is 3.28. The summed E-state index contributed by atoms with van der Waals surface area (Å²) < 4.78 is 14.8. The SMILES string of the molecule is Cc1nc2ccn(Cc3cccnc3)c(=O)c2cc1C(=O)N1CCN(c2ccc(F)cc2)CC1. The Labute approximate surface area is 196 Å². The van der Waals surface area contributed by atoms with Crippen LogP contribution in [0.15, 0.2) is 71.9 Å². The number of halogens is 1. The van der Waals surface area contributed by atoms with Gasteiger partial charge in [-0.05, 0) is 55.0 Å². The topological polar surface area (TPSA) is 71.3 Å². The number of aryl methyl sites for hydroxylation is 1. The zero-order valence-corrected chi connectivity index (χ0v) is 18.8. The van der Waals surface area contributed by atoms with Gasteiger partial charge in [-0.2, -0.15) is 0 Å². The average molecular weight is 458 g/mol. The Hall–Kier alpha value is -4.07. The zero-order chi connectivity index (χ0) is 23.7. The minimum atomic E-state index is -0.267. The number of aromatic nitrogens is 3. The van der Waals surface area contributed by atoms with E-state index in [0.29, 0.717) is 54.9 Å². The Bertz CT molecular complexity index is 1390. The first kappa shape index (κ1) is 21.8. The molecular weight excluding hydrogens is 433 g/mol. The second-order valence-electron chi connectivity index (χ2n) is 8.42. The molecule has 0 unspecified atom stereocenters. The van der Waals surface area contributed by atoms with E-state index in [1.165, 1.54) is 12.1 Å². The van der Waals surface area contributed by atoms with Crippen LogP contribution in [-0.2, 0) is 6.54 Å². The van der Waals surface area contributed by atoms with Crippen molar-refractivity contribution in [3.05, 3.63) is 100 Å². The van der Waals surface area contributed by atoms with Gasteiger partial charge >= 0.3 is 0 Å². The lowest BCUT2D eigenvalue weighted by Gasteiger charge is -2.36. The van der Waals surface area contributed by atoms with E-state index in [4.69, 9.17) is 0 Å². The molecule has 1 aliphatic rings. The Morgan fingerprint density at radius 2 is 1.82 bits per heavy atom. The minimum Gasteiger partial charge on any atom is -0.368 e. The van der Waals surface area contributed by atoms with Gasteiger partial charge in [0, 0.05) is 50.5 Å². The lowest BCUT2D eigenvalue weighted by atomic mass is 10.1. The van der Waals surface area contributed by atoms with Gasteiger partial charge in [0.2, 0.25) is 0 Å². The van der Waals surface area contributed by atoms with Crippen molar-refractivity contribution in [1.29, 1.82) is 0 Å². The Morgan fingerprint density at radius 1 is 1.06 bits per heavy atom. The van der Waals surface area contributed by atoms with Crippen LogP contribution in [0.25, 0.3) is 10.9 Å². The van der Waals surface area contributed by atoms with Crippen molar-refractivity contribution in [1.82, 2.24) is 19.4 Å². The van der Waals surface area contributed by atoms with Gasteiger partial charge in [-0.1, -0.05) is 6.07 Å². The van der Waals surface area contributed by atoms with Crippen molar-refractivity contribution in [3.63, 3.8) is 0 Å². The van der Waals surface area contributed by atoms with Crippen LogP contribution in [0, 0.1) is 12.7 Å². The van der Waals surface area contributed by atoms with E-state index in [9.17, 15) is 14.0 Å². The molecule has 1 amide bonds. The Morgan fingerprint density at radius 3 is 2.53 bits per heavy atom. The molecule has 7 nitrogen and oxygen atoms in total. The number of hydrogen-bond acceptors (Lipinski definition) is 5. The minimum absolute atomic E-state index is 0.132. The highest BCUT2D eigenvalue weighted by Gasteiger charge is 2.24. The summed E-state index contributed by atoms with van der Waals surface area (Å²) in [5, 5.41) is 0.422. The molecule has 0 radical (unpaired) electrons. The Balaban J connectivity index is 1.38. The molecule has 0 spiro atoms. The fourth-order valence-corrected chi connectivity index (χ4v) is 4.32. The summed E-state index contributed by atoms with van der Waals surface area (Å²) in [5.74, 6) is -0.399. The van der Waals surface area contributed by atoms with Gasteiger partial charge in [0.05, 0.1) is 28.7 Å². The van der Waals surface area contributed by atoms with Gasteiger partial charge in [-0.3, -0.25) is 19.6 Å². The molecule has 4 aromatic rings. The molecule has 0 N–H and O–H groups in total. The number of carbonyl (C=O) groups excluding carboxylic acids is 1. The van der Waals surface area contributed by atoms with Crippen molar-refractivity contribution < 1.29 is 9.18 Å². The maximum atomic E-state index is 13.3. The summed E-state index contributed by atoms with van der Waals surface area (Å²) in [6, 6.07) is 13.6. The van der Waals surface area contributed by atoms with Crippen LogP contribution in [-0.4, -0.2) is 51.5 Å². The molecule has 8 heteroatoms.